The number of Topliss-reactive ketones (excluding diaryl/α,β-unsaturated/α-hetero) is 2. The van der Waals surface area contributed by atoms with Crippen LogP contribution in [-0.2, 0) is 15.6 Å². The number of rotatable bonds is 6. The fourth-order valence-corrected chi connectivity index (χ4v) is 7.58. The zero-order valence-electron chi connectivity index (χ0n) is 19.5. The van der Waals surface area contributed by atoms with Crippen LogP contribution in [0.3, 0.4) is 0 Å². The molecule has 2 fully saturated rings. The molecular weight excluding hydrogens is 438 g/mol. The van der Waals surface area contributed by atoms with E-state index in [2.05, 4.69) is 12.2 Å². The van der Waals surface area contributed by atoms with Gasteiger partial charge in [-0.15, -0.1) is 0 Å². The molecule has 3 aliphatic rings. The van der Waals surface area contributed by atoms with Crippen molar-refractivity contribution in [1.29, 1.82) is 0 Å². The zero-order chi connectivity index (χ0) is 24.4. The summed E-state index contributed by atoms with van der Waals surface area (Å²) in [4.78, 5) is 41.8. The summed E-state index contributed by atoms with van der Waals surface area (Å²) >= 11 is 0. The van der Waals surface area contributed by atoms with Gasteiger partial charge in [-0.25, -0.2) is 0 Å². The van der Waals surface area contributed by atoms with Gasteiger partial charge in [-0.1, -0.05) is 105 Å². The van der Waals surface area contributed by atoms with Gasteiger partial charge >= 0.3 is 5.97 Å². The van der Waals surface area contributed by atoms with E-state index in [4.69, 9.17) is 0 Å². The Morgan fingerprint density at radius 2 is 1.34 bits per heavy atom. The highest BCUT2D eigenvalue weighted by Crippen LogP contribution is 2.81. The van der Waals surface area contributed by atoms with Crippen molar-refractivity contribution in [3.05, 3.63) is 107 Å². The molecule has 2 N–H and O–H groups in total. The third kappa shape index (κ3) is 2.34. The minimum absolute atomic E-state index is 0.315. The molecule has 1 aliphatic heterocycles. The van der Waals surface area contributed by atoms with Crippen molar-refractivity contribution in [3.8, 4) is 0 Å². The summed E-state index contributed by atoms with van der Waals surface area (Å²) in [6.07, 6.45) is 2.45. The minimum atomic E-state index is -1.67. The van der Waals surface area contributed by atoms with Crippen molar-refractivity contribution in [1.82, 2.24) is 5.32 Å². The van der Waals surface area contributed by atoms with Gasteiger partial charge in [0.25, 0.3) is 0 Å². The van der Waals surface area contributed by atoms with Crippen molar-refractivity contribution in [2.75, 3.05) is 0 Å². The molecule has 0 unspecified atom stereocenters. The standard InChI is InChI=1S/C30H27NO4/c1-2-3-18-23-28(19-12-6-4-7-13-19)24(27(34)35)29(28,20-14-8-5-9-15-20)30(31-23)25(32)21-16-10-11-17-22(21)26(30)33/h4-17,23-24,31H,2-3,18H2,1H3,(H,34,35)/t23-,24-,28-,29+/m1/s1. The van der Waals surface area contributed by atoms with Gasteiger partial charge < -0.3 is 5.11 Å². The van der Waals surface area contributed by atoms with Crippen LogP contribution in [0.15, 0.2) is 84.9 Å². The SMILES string of the molecule is CCCC[C@H]1NC2(C(=O)c3ccccc3C2=O)[C@@]2(c3ccccc3)[C@H](C(=O)O)[C@@]12c1ccccc1. The van der Waals surface area contributed by atoms with Gasteiger partial charge in [-0.05, 0) is 17.5 Å². The van der Waals surface area contributed by atoms with Crippen molar-refractivity contribution in [3.63, 3.8) is 0 Å². The molecular formula is C30H27NO4. The van der Waals surface area contributed by atoms with E-state index < -0.39 is 28.3 Å². The van der Waals surface area contributed by atoms with Crippen molar-refractivity contribution >= 4 is 17.5 Å². The third-order valence-corrected chi connectivity index (χ3v) is 8.66. The van der Waals surface area contributed by atoms with Gasteiger partial charge in [-0.2, -0.15) is 0 Å². The van der Waals surface area contributed by atoms with Crippen LogP contribution in [0.5, 0.6) is 0 Å². The Balaban J connectivity index is 1.72. The lowest BCUT2D eigenvalue weighted by Crippen LogP contribution is -2.62. The molecule has 3 aromatic rings. The highest BCUT2D eigenvalue weighted by atomic mass is 16.4. The summed E-state index contributed by atoms with van der Waals surface area (Å²) in [5.74, 6) is -2.53. The Morgan fingerprint density at radius 3 is 1.86 bits per heavy atom. The zero-order valence-corrected chi connectivity index (χ0v) is 19.5. The number of hydrogen-bond donors (Lipinski definition) is 2. The Labute approximate surface area is 204 Å². The van der Waals surface area contributed by atoms with E-state index in [-0.39, 0.29) is 17.6 Å². The van der Waals surface area contributed by atoms with Crippen LogP contribution in [0.4, 0.5) is 0 Å². The lowest BCUT2D eigenvalue weighted by atomic mass is 9.68. The number of unbranched alkanes of at least 4 members (excludes halogenated alkanes) is 1. The Morgan fingerprint density at radius 1 is 0.829 bits per heavy atom. The number of carboxylic acid groups (broad SMARTS) is 1. The summed E-state index contributed by atoms with van der Waals surface area (Å²) in [7, 11) is 0. The number of fused-ring (bicyclic) bond motifs is 3. The van der Waals surface area contributed by atoms with Gasteiger partial charge in [0.15, 0.2) is 17.1 Å². The summed E-state index contributed by atoms with van der Waals surface area (Å²) < 4.78 is 0. The predicted molar refractivity (Wildman–Crippen MR) is 132 cm³/mol. The molecule has 0 bridgehead atoms. The highest BCUT2D eigenvalue weighted by molar-refractivity contribution is 6.35. The van der Waals surface area contributed by atoms with Crippen LogP contribution >= 0.6 is 0 Å². The fourth-order valence-electron chi connectivity index (χ4n) is 7.58. The molecule has 2 aliphatic carbocycles. The number of carbonyl (C=O) groups is 3. The molecule has 6 rings (SSSR count). The van der Waals surface area contributed by atoms with Crippen molar-refractivity contribution in [2.24, 2.45) is 5.92 Å². The quantitative estimate of drug-likeness (QED) is 0.522. The average Bonchev–Trinajstić information content (AvgIpc) is 3.41. The van der Waals surface area contributed by atoms with Gasteiger partial charge in [0.1, 0.15) is 0 Å². The molecule has 1 saturated carbocycles. The van der Waals surface area contributed by atoms with Crippen LogP contribution < -0.4 is 5.32 Å². The number of hydrogen-bond acceptors (Lipinski definition) is 4. The number of carboxylic acids is 1. The number of benzene rings is 3. The highest BCUT2D eigenvalue weighted by Gasteiger charge is 2.96. The first-order chi connectivity index (χ1) is 17.0. The molecule has 1 heterocycles. The van der Waals surface area contributed by atoms with Gasteiger partial charge in [0.05, 0.1) is 11.3 Å². The monoisotopic (exact) mass is 465 g/mol. The van der Waals surface area contributed by atoms with Crippen molar-refractivity contribution in [2.45, 2.75) is 48.6 Å². The molecule has 5 heteroatoms. The topological polar surface area (TPSA) is 83.5 Å². The normalized spacial score (nSPS) is 29.7. The lowest BCUT2D eigenvalue weighted by Gasteiger charge is -2.34. The maximum absolute atomic E-state index is 14.3. The summed E-state index contributed by atoms with van der Waals surface area (Å²) in [6.45, 7) is 2.09. The maximum Gasteiger partial charge on any atom is 0.308 e. The number of piperidine rings is 1. The number of carbonyl (C=O) groups excluding carboxylic acids is 2. The first kappa shape index (κ1) is 21.9. The van der Waals surface area contributed by atoms with Gasteiger partial charge in [-0.3, -0.25) is 19.7 Å². The van der Waals surface area contributed by atoms with Crippen LogP contribution in [-0.4, -0.2) is 34.2 Å². The average molecular weight is 466 g/mol. The van der Waals surface area contributed by atoms with Crippen molar-refractivity contribution < 1.29 is 19.5 Å². The molecule has 0 aromatic heterocycles. The molecule has 35 heavy (non-hydrogen) atoms. The molecule has 5 nitrogen and oxygen atoms in total. The van der Waals surface area contributed by atoms with Gasteiger partial charge in [0.2, 0.25) is 0 Å². The molecule has 1 saturated heterocycles. The number of nitrogens with one attached hydrogen (secondary N) is 1. The molecule has 0 amide bonds. The van der Waals surface area contributed by atoms with E-state index in [1.807, 2.05) is 60.7 Å². The van der Waals surface area contributed by atoms with E-state index in [1.165, 1.54) is 0 Å². The minimum Gasteiger partial charge on any atom is -0.481 e. The summed E-state index contributed by atoms with van der Waals surface area (Å²) in [5, 5.41) is 14.3. The van der Waals surface area contributed by atoms with Gasteiger partial charge in [0, 0.05) is 22.6 Å². The largest absolute Gasteiger partial charge is 0.481 e. The van der Waals surface area contributed by atoms with E-state index in [9.17, 15) is 19.5 Å². The van der Waals surface area contributed by atoms with Crippen LogP contribution in [0.25, 0.3) is 0 Å². The second-order valence-electron chi connectivity index (χ2n) is 9.97. The van der Waals surface area contributed by atoms with E-state index in [1.54, 1.807) is 24.3 Å². The second-order valence-corrected chi connectivity index (χ2v) is 9.97. The van der Waals surface area contributed by atoms with Crippen LogP contribution in [0.2, 0.25) is 0 Å². The first-order valence-corrected chi connectivity index (χ1v) is 12.3. The lowest BCUT2D eigenvalue weighted by molar-refractivity contribution is -0.140. The molecule has 176 valence electrons. The second kappa shape index (κ2) is 7.46. The molecule has 3 aromatic carbocycles. The van der Waals surface area contributed by atoms with E-state index in [0.29, 0.717) is 17.5 Å². The van der Waals surface area contributed by atoms with E-state index in [0.717, 1.165) is 24.0 Å². The number of aliphatic carboxylic acids is 1. The molecule has 4 atom stereocenters. The fraction of sp³-hybridized carbons (Fsp3) is 0.300. The molecule has 0 radical (unpaired) electrons. The smallest absolute Gasteiger partial charge is 0.308 e. The first-order valence-electron chi connectivity index (χ1n) is 12.3. The van der Waals surface area contributed by atoms with Crippen LogP contribution in [0, 0.1) is 5.92 Å². The summed E-state index contributed by atoms with van der Waals surface area (Å²) in [6, 6.07) is 25.5. The summed E-state index contributed by atoms with van der Waals surface area (Å²) in [5.41, 5.74) is -1.54. The maximum atomic E-state index is 14.3. The predicted octanol–water partition coefficient (Wildman–Crippen LogP) is 4.56. The Hall–Kier alpha value is -3.57. The molecule has 1 spiro atoms. The number of ketones is 2. The Bertz CT molecular complexity index is 1320. The van der Waals surface area contributed by atoms with Crippen LogP contribution in [0.1, 0.15) is 58.0 Å². The van der Waals surface area contributed by atoms with E-state index >= 15 is 0 Å². The Kier molecular flexibility index (Phi) is 4.68. The third-order valence-electron chi connectivity index (χ3n) is 8.66.